The van der Waals surface area contributed by atoms with Gasteiger partial charge >= 0.3 is 0 Å². The molecule has 13 heteroatoms. The summed E-state index contributed by atoms with van der Waals surface area (Å²) in [5.74, 6) is 9.00. The number of urea groups is 1. The Balaban J connectivity index is -0.0000000493. The number of benzene rings is 1. The van der Waals surface area contributed by atoms with Gasteiger partial charge in [-0.2, -0.15) is 49.2 Å². The maximum absolute atomic E-state index is 9.35. The third-order valence-electron chi connectivity index (χ3n) is 0.706. The molecule has 0 aliphatic heterocycles. The van der Waals surface area contributed by atoms with Crippen LogP contribution in [0.15, 0.2) is 41.0 Å². The summed E-state index contributed by atoms with van der Waals surface area (Å²) < 4.78 is 2.72. The maximum atomic E-state index is 9.35. The predicted octanol–water partition coefficient (Wildman–Crippen LogP) is 2.18. The number of hydrogen-bond acceptors (Lipinski definition) is 9. The van der Waals surface area contributed by atoms with Gasteiger partial charge in [0.15, 0.2) is 6.03 Å². The fourth-order valence-electron chi connectivity index (χ4n) is 0.342. The number of thiol groups is 1. The largest absolute Gasteiger partial charge is 0.615 e. The van der Waals surface area contributed by atoms with Crippen LogP contribution in [0.5, 0.6) is 0 Å². The topological polar surface area (TPSA) is 212 Å². The number of nitrogens with one attached hydrogen (secondary N) is 1. The van der Waals surface area contributed by atoms with E-state index in [1.165, 1.54) is 0 Å². The normalized spacial score (nSPS) is 5.55. The number of nitrogens with zero attached hydrogens (tertiary/aromatic N) is 3. The van der Waals surface area contributed by atoms with Crippen LogP contribution in [-0.2, 0) is 17.1 Å². The number of carbonyl (C=O) groups is 1. The van der Waals surface area contributed by atoms with E-state index in [9.17, 15) is 4.79 Å². The number of rotatable bonds is 0. The number of hydrogen-bond donors (Lipinski definition) is 3. The van der Waals surface area contributed by atoms with Crippen molar-refractivity contribution in [1.82, 2.24) is 0 Å². The third kappa shape index (κ3) is 98.9. The average Bonchev–Trinajstić information content (AvgIpc) is 2.45. The Bertz CT molecular complexity index is 251. The molecule has 0 saturated heterocycles. The zero-order valence-corrected chi connectivity index (χ0v) is 11.5. The first-order valence-electron chi connectivity index (χ1n) is 3.85. The van der Waals surface area contributed by atoms with Gasteiger partial charge in [-0.3, -0.25) is 4.79 Å². The first kappa shape index (κ1) is 30.8. The molecule has 121 valence electrons. The van der Waals surface area contributed by atoms with Gasteiger partial charge in [0.25, 0.3) is 0 Å². The van der Waals surface area contributed by atoms with E-state index in [2.05, 4.69) is 35.2 Å². The van der Waals surface area contributed by atoms with E-state index in [-0.39, 0.29) is 17.1 Å². The molecule has 1 rings (SSSR count). The molecule has 1 radical (unpaired) electrons. The van der Waals surface area contributed by atoms with Crippen molar-refractivity contribution in [2.75, 3.05) is 0 Å². The molecule has 0 heterocycles. The van der Waals surface area contributed by atoms with Crippen LogP contribution in [0.25, 0.3) is 10.6 Å². The molecule has 0 aliphatic rings. The van der Waals surface area contributed by atoms with E-state index >= 15 is 0 Å². The summed E-state index contributed by atoms with van der Waals surface area (Å²) >= 11 is 3.17. The molecule has 0 aliphatic carbocycles. The van der Waals surface area contributed by atoms with Gasteiger partial charge in [-0.05, 0) is 0 Å². The van der Waals surface area contributed by atoms with Crippen molar-refractivity contribution < 1.29 is 21.9 Å². The second-order valence-electron chi connectivity index (χ2n) is 1.66. The number of primary amides is 1. The molecule has 1 aromatic rings. The molecule has 0 saturated carbocycles. The molecule has 0 atom stereocenters. The van der Waals surface area contributed by atoms with Crippen LogP contribution in [-0.4, -0.2) is 6.03 Å². The zero-order valence-electron chi connectivity index (χ0n) is 9.67. The van der Waals surface area contributed by atoms with Gasteiger partial charge in [0, 0.05) is 17.1 Å². The van der Waals surface area contributed by atoms with Crippen LogP contribution in [0.4, 0.5) is 4.79 Å². The predicted molar refractivity (Wildman–Crippen MR) is 74.0 cm³/mol. The molecular formula is C7H11CuN6O5S-5. The fraction of sp³-hybridized carbons (Fsp3) is 0. The van der Waals surface area contributed by atoms with Gasteiger partial charge in [0.2, 0.25) is 0 Å². The summed E-state index contributed by atoms with van der Waals surface area (Å²) in [7, 11) is 0. The number of carbonyl (C=O) groups excluding carboxylic acids is 1. The van der Waals surface area contributed by atoms with E-state index in [0.29, 0.717) is 0 Å². The Hall–Kier alpha value is -1.92. The Labute approximate surface area is 130 Å². The summed E-state index contributed by atoms with van der Waals surface area (Å²) in [6.45, 7) is 0. The second kappa shape index (κ2) is 43.5. The van der Waals surface area contributed by atoms with Crippen molar-refractivity contribution in [2.45, 2.75) is 0 Å². The Morgan fingerprint density at radius 3 is 1.45 bits per heavy atom. The van der Waals surface area contributed by atoms with Crippen LogP contribution in [0.2, 0.25) is 0 Å². The molecule has 0 bridgehead atoms. The van der Waals surface area contributed by atoms with Crippen molar-refractivity contribution in [2.24, 2.45) is 22.3 Å². The summed E-state index contributed by atoms with van der Waals surface area (Å²) in [5, 5.41) is 18.0. The minimum atomic E-state index is -0.756. The van der Waals surface area contributed by atoms with Crippen molar-refractivity contribution >= 4 is 18.8 Å². The molecular weight excluding hydrogens is 344 g/mol. The summed E-state index contributed by atoms with van der Waals surface area (Å²) in [5.41, 5.74) is 4.41. The van der Waals surface area contributed by atoms with Crippen LogP contribution >= 0.6 is 12.8 Å². The Morgan fingerprint density at radius 1 is 1.15 bits per heavy atom. The first-order chi connectivity index (χ1) is 9.10. The van der Waals surface area contributed by atoms with Crippen molar-refractivity contribution in [1.29, 1.82) is 0 Å². The van der Waals surface area contributed by atoms with Gasteiger partial charge in [0.05, 0.1) is 0 Å². The van der Waals surface area contributed by atoms with Crippen molar-refractivity contribution in [3.8, 4) is 0 Å². The van der Waals surface area contributed by atoms with E-state index in [4.69, 9.17) is 26.1 Å². The summed E-state index contributed by atoms with van der Waals surface area (Å²) in [6.07, 6.45) is 0. The van der Waals surface area contributed by atoms with Crippen molar-refractivity contribution in [3.63, 3.8) is 0 Å². The van der Waals surface area contributed by atoms with Gasteiger partial charge in [0.1, 0.15) is 0 Å². The minimum absolute atomic E-state index is 0. The van der Waals surface area contributed by atoms with Crippen LogP contribution in [0.3, 0.4) is 0 Å². The van der Waals surface area contributed by atoms with E-state index < -0.39 is 6.03 Å². The van der Waals surface area contributed by atoms with Crippen LogP contribution in [0, 0.1) is 26.3 Å². The van der Waals surface area contributed by atoms with Gasteiger partial charge in [-0.1, -0.05) is 0 Å². The maximum Gasteiger partial charge on any atom is 0.158 e. The quantitative estimate of drug-likeness (QED) is 0.158. The summed E-state index contributed by atoms with van der Waals surface area (Å²) in [6, 6.07) is 11.7. The van der Waals surface area contributed by atoms with Crippen LogP contribution in [0.1, 0.15) is 0 Å². The first-order valence-corrected chi connectivity index (χ1v) is 4.25. The molecule has 0 spiro atoms. The molecule has 5 N–H and O–H groups in total. The smallest absolute Gasteiger partial charge is 0.158 e. The van der Waals surface area contributed by atoms with Gasteiger partial charge in [-0.25, -0.2) is 0 Å². The third-order valence-corrected chi connectivity index (χ3v) is 0.903. The summed E-state index contributed by atoms with van der Waals surface area (Å²) in [4.78, 5) is 25.3. The van der Waals surface area contributed by atoms with Crippen LogP contribution < -0.4 is 11.6 Å². The minimum Gasteiger partial charge on any atom is -0.615 e. The molecule has 20 heavy (non-hydrogen) atoms. The molecule has 2 amide bonds. The molecule has 0 fully saturated rings. The zero-order chi connectivity index (χ0) is 15.9. The Morgan fingerprint density at radius 2 is 1.40 bits per heavy atom. The second-order valence-corrected chi connectivity index (χ2v) is 1.86. The van der Waals surface area contributed by atoms with Crippen molar-refractivity contribution in [3.05, 3.63) is 67.2 Å². The average molecular weight is 355 g/mol. The molecule has 0 aromatic heterocycles. The van der Waals surface area contributed by atoms with E-state index in [0.717, 1.165) is 10.7 Å². The van der Waals surface area contributed by atoms with E-state index in [1.54, 1.807) is 0 Å². The molecule has 1 aromatic carbocycles. The monoisotopic (exact) mass is 354 g/mol. The standard InChI is InChI=1S/C6H5.CH4N2OS.Cu.H3N2.2HNO2/c1-2-4-6-5-3-1;2-1(4)3-5;;1-2;2*2-1-3/h1-5H;(H4,2,3,4,5);;1H,2H2;2*(H,2,3)/q-1;;;-1;;/p-3. The fourth-order valence-corrected chi connectivity index (χ4v) is 0.342. The molecule has 11 nitrogen and oxygen atoms in total. The number of nitrogens with two attached hydrogens (primary N) is 2. The Kier molecular flexibility index (Phi) is 67.0. The SMILES string of the molecule is NC(=O)[N-]S.O=N[O-].O=N[O-].[Cu].[NH-]N.[c-]1ccccc1. The van der Waals surface area contributed by atoms with E-state index in [1.807, 2.05) is 30.3 Å². The van der Waals surface area contributed by atoms with Gasteiger partial charge in [-0.15, -0.1) is 10.7 Å². The molecule has 0 unspecified atom stereocenters. The number of amides is 2. The van der Waals surface area contributed by atoms with Gasteiger partial charge < -0.3 is 42.4 Å².